The Morgan fingerprint density at radius 2 is 1.77 bits per heavy atom. The third-order valence-electron chi connectivity index (χ3n) is 6.55. The van der Waals surface area contributed by atoms with Gasteiger partial charge in [0.1, 0.15) is 0 Å². The van der Waals surface area contributed by atoms with Gasteiger partial charge >= 0.3 is 0 Å². The molecule has 1 saturated carbocycles. The number of hydrogen-bond donors (Lipinski definition) is 0. The quantitative estimate of drug-likeness (QED) is 0.812. The number of ether oxygens (including phenoxy) is 2. The van der Waals surface area contributed by atoms with Gasteiger partial charge in [0, 0.05) is 26.2 Å². The molecule has 1 aromatic carbocycles. The normalized spacial score (nSPS) is 23.5. The van der Waals surface area contributed by atoms with Gasteiger partial charge in [-0.1, -0.05) is 19.3 Å². The highest BCUT2D eigenvalue weighted by Gasteiger charge is 2.35. The van der Waals surface area contributed by atoms with E-state index < -0.39 is 0 Å². The molecule has 142 valence electrons. The van der Waals surface area contributed by atoms with E-state index in [1.54, 1.807) is 14.2 Å². The van der Waals surface area contributed by atoms with Crippen LogP contribution in [0.15, 0.2) is 12.1 Å². The van der Waals surface area contributed by atoms with Gasteiger partial charge in [-0.3, -0.25) is 9.69 Å². The minimum Gasteiger partial charge on any atom is -0.493 e. The molecule has 5 nitrogen and oxygen atoms in total. The molecule has 1 aromatic rings. The van der Waals surface area contributed by atoms with Gasteiger partial charge in [0.2, 0.25) is 5.91 Å². The van der Waals surface area contributed by atoms with Gasteiger partial charge in [0.15, 0.2) is 11.5 Å². The summed E-state index contributed by atoms with van der Waals surface area (Å²) in [7, 11) is 3.34. The van der Waals surface area contributed by atoms with Crippen molar-refractivity contribution >= 4 is 5.91 Å². The Bertz CT molecular complexity index is 671. The molecule has 2 fully saturated rings. The molecular formula is C21H30N2O3. The number of benzene rings is 1. The molecule has 3 aliphatic rings. The van der Waals surface area contributed by atoms with E-state index in [-0.39, 0.29) is 0 Å². The highest BCUT2D eigenvalue weighted by atomic mass is 16.5. The summed E-state index contributed by atoms with van der Waals surface area (Å²) < 4.78 is 10.8. The molecule has 2 heterocycles. The van der Waals surface area contributed by atoms with Crippen LogP contribution in [-0.2, 0) is 17.8 Å². The van der Waals surface area contributed by atoms with Crippen molar-refractivity contribution in [2.24, 2.45) is 11.8 Å². The molecule has 1 unspecified atom stereocenters. The smallest absolute Gasteiger partial charge is 0.236 e. The fourth-order valence-corrected chi connectivity index (χ4v) is 4.68. The van der Waals surface area contributed by atoms with Crippen LogP contribution in [0.1, 0.15) is 36.8 Å². The first-order chi connectivity index (χ1) is 12.7. The maximum Gasteiger partial charge on any atom is 0.236 e. The predicted octanol–water partition coefficient (Wildman–Crippen LogP) is 2.71. The van der Waals surface area contributed by atoms with Crippen LogP contribution < -0.4 is 9.47 Å². The van der Waals surface area contributed by atoms with Crippen molar-refractivity contribution in [2.45, 2.75) is 38.6 Å². The Labute approximate surface area is 156 Å². The third-order valence-corrected chi connectivity index (χ3v) is 6.55. The minimum absolute atomic E-state index is 0.302. The SMILES string of the molecule is COc1cc2c(cc1OC)CN(CC(=O)N1CCC(C3CCC3)C1)CC2. The molecule has 1 saturated heterocycles. The van der Waals surface area contributed by atoms with Crippen LogP contribution in [0.4, 0.5) is 0 Å². The van der Waals surface area contributed by atoms with Crippen LogP contribution in [0, 0.1) is 11.8 Å². The van der Waals surface area contributed by atoms with Gasteiger partial charge in [0.05, 0.1) is 20.8 Å². The van der Waals surface area contributed by atoms with Crippen LogP contribution in [0.25, 0.3) is 0 Å². The first-order valence-electron chi connectivity index (χ1n) is 9.92. The minimum atomic E-state index is 0.302. The lowest BCUT2D eigenvalue weighted by atomic mass is 9.75. The monoisotopic (exact) mass is 358 g/mol. The molecule has 1 amide bonds. The highest BCUT2D eigenvalue weighted by molar-refractivity contribution is 5.78. The van der Waals surface area contributed by atoms with Crippen molar-refractivity contribution < 1.29 is 14.3 Å². The van der Waals surface area contributed by atoms with Crippen LogP contribution in [0.2, 0.25) is 0 Å². The summed E-state index contributed by atoms with van der Waals surface area (Å²) in [6.07, 6.45) is 6.29. The Morgan fingerprint density at radius 3 is 2.42 bits per heavy atom. The summed E-state index contributed by atoms with van der Waals surface area (Å²) in [6, 6.07) is 4.14. The maximum absolute atomic E-state index is 12.8. The first-order valence-corrected chi connectivity index (χ1v) is 9.92. The summed E-state index contributed by atoms with van der Waals surface area (Å²) in [5, 5.41) is 0. The second-order valence-corrected chi connectivity index (χ2v) is 8.02. The summed E-state index contributed by atoms with van der Waals surface area (Å²) in [4.78, 5) is 17.1. The largest absolute Gasteiger partial charge is 0.493 e. The summed E-state index contributed by atoms with van der Waals surface area (Å²) in [6.45, 7) is 4.20. The van der Waals surface area contributed by atoms with E-state index in [0.29, 0.717) is 12.5 Å². The van der Waals surface area contributed by atoms with Crippen molar-refractivity contribution in [1.82, 2.24) is 9.80 Å². The molecule has 1 atom stereocenters. The van der Waals surface area contributed by atoms with E-state index in [4.69, 9.17) is 9.47 Å². The second-order valence-electron chi connectivity index (χ2n) is 8.02. The van der Waals surface area contributed by atoms with E-state index in [0.717, 1.165) is 55.9 Å². The number of likely N-dealkylation sites (tertiary alicyclic amines) is 1. The molecule has 0 bridgehead atoms. The van der Waals surface area contributed by atoms with Crippen LogP contribution in [-0.4, -0.2) is 56.1 Å². The lowest BCUT2D eigenvalue weighted by Gasteiger charge is -2.32. The van der Waals surface area contributed by atoms with Gasteiger partial charge in [-0.2, -0.15) is 0 Å². The number of carbonyl (C=O) groups excluding carboxylic acids is 1. The van der Waals surface area contributed by atoms with Crippen molar-refractivity contribution in [2.75, 3.05) is 40.4 Å². The molecule has 4 rings (SSSR count). The Kier molecular flexibility index (Phi) is 5.07. The molecule has 5 heteroatoms. The fraction of sp³-hybridized carbons (Fsp3) is 0.667. The zero-order valence-corrected chi connectivity index (χ0v) is 16.0. The topological polar surface area (TPSA) is 42.0 Å². The number of nitrogens with zero attached hydrogens (tertiary/aromatic N) is 2. The second kappa shape index (κ2) is 7.47. The van der Waals surface area contributed by atoms with Gasteiger partial charge in [-0.15, -0.1) is 0 Å². The molecular weight excluding hydrogens is 328 g/mol. The Hall–Kier alpha value is -1.75. The van der Waals surface area contributed by atoms with Crippen molar-refractivity contribution in [1.29, 1.82) is 0 Å². The molecule has 2 aliphatic heterocycles. The zero-order valence-electron chi connectivity index (χ0n) is 16.0. The van der Waals surface area contributed by atoms with E-state index in [1.165, 1.54) is 36.8 Å². The summed E-state index contributed by atoms with van der Waals surface area (Å²) in [5.74, 6) is 3.50. The average Bonchev–Trinajstić information content (AvgIpc) is 3.08. The molecule has 1 aliphatic carbocycles. The molecule has 26 heavy (non-hydrogen) atoms. The third kappa shape index (κ3) is 3.41. The van der Waals surface area contributed by atoms with Crippen molar-refractivity contribution in [3.8, 4) is 11.5 Å². The zero-order chi connectivity index (χ0) is 18.1. The van der Waals surface area contributed by atoms with Gasteiger partial charge < -0.3 is 14.4 Å². The van der Waals surface area contributed by atoms with Crippen LogP contribution in [0.5, 0.6) is 11.5 Å². The number of hydrogen-bond acceptors (Lipinski definition) is 4. The van der Waals surface area contributed by atoms with E-state index in [1.807, 2.05) is 0 Å². The Balaban J connectivity index is 1.36. The summed E-state index contributed by atoms with van der Waals surface area (Å²) >= 11 is 0. The molecule has 0 N–H and O–H groups in total. The fourth-order valence-electron chi connectivity index (χ4n) is 4.68. The molecule has 0 spiro atoms. The standard InChI is InChI=1S/C21H30N2O3/c1-25-19-10-16-6-8-22(12-18(16)11-20(19)26-2)14-21(24)23-9-7-17(13-23)15-4-3-5-15/h10-11,15,17H,3-9,12-14H2,1-2H3. The number of rotatable bonds is 5. The lowest BCUT2D eigenvalue weighted by Crippen LogP contribution is -2.41. The van der Waals surface area contributed by atoms with Gasteiger partial charge in [-0.25, -0.2) is 0 Å². The van der Waals surface area contributed by atoms with Crippen LogP contribution in [0.3, 0.4) is 0 Å². The van der Waals surface area contributed by atoms with E-state index >= 15 is 0 Å². The number of methoxy groups -OCH3 is 2. The van der Waals surface area contributed by atoms with Gasteiger partial charge in [-0.05, 0) is 47.9 Å². The van der Waals surface area contributed by atoms with E-state index in [9.17, 15) is 4.79 Å². The molecule has 0 aromatic heterocycles. The number of carbonyl (C=O) groups is 1. The van der Waals surface area contributed by atoms with E-state index in [2.05, 4.69) is 21.9 Å². The maximum atomic E-state index is 12.8. The highest BCUT2D eigenvalue weighted by Crippen LogP contribution is 2.38. The Morgan fingerprint density at radius 1 is 1.04 bits per heavy atom. The molecule has 0 radical (unpaired) electrons. The van der Waals surface area contributed by atoms with Gasteiger partial charge in [0.25, 0.3) is 0 Å². The predicted molar refractivity (Wildman–Crippen MR) is 101 cm³/mol. The summed E-state index contributed by atoms with van der Waals surface area (Å²) in [5.41, 5.74) is 2.55. The first kappa shape index (κ1) is 17.7. The van der Waals surface area contributed by atoms with Crippen molar-refractivity contribution in [3.05, 3.63) is 23.3 Å². The number of fused-ring (bicyclic) bond motifs is 1. The number of amides is 1. The van der Waals surface area contributed by atoms with Crippen LogP contribution >= 0.6 is 0 Å². The average molecular weight is 358 g/mol. The lowest BCUT2D eigenvalue weighted by molar-refractivity contribution is -0.131. The van der Waals surface area contributed by atoms with Crippen molar-refractivity contribution in [3.63, 3.8) is 0 Å².